The Kier molecular flexibility index (Phi) is 2.56. The number of aromatic hydroxyl groups is 2. The molecule has 2 aliphatic rings. The summed E-state index contributed by atoms with van der Waals surface area (Å²) in [6.07, 6.45) is 0. The van der Waals surface area contributed by atoms with Crippen LogP contribution in [0.2, 0.25) is 0 Å². The van der Waals surface area contributed by atoms with Crippen LogP contribution in [0.5, 0.6) is 11.5 Å². The van der Waals surface area contributed by atoms with E-state index in [1.54, 1.807) is 12.1 Å². The van der Waals surface area contributed by atoms with Crippen molar-refractivity contribution in [1.82, 2.24) is 20.2 Å². The van der Waals surface area contributed by atoms with Crippen LogP contribution in [0.25, 0.3) is 5.70 Å². The maximum atomic E-state index is 13.0. The molecule has 0 fully saturated rings. The SMILES string of the molecule is O=C1C2=C(Nc3nnnn3C2c2ccc(O)c(O)c2)c2ccccc21. The van der Waals surface area contributed by atoms with Gasteiger partial charge in [0.05, 0.1) is 11.3 Å². The van der Waals surface area contributed by atoms with Crippen molar-refractivity contribution >= 4 is 17.4 Å². The number of hydrogen-bond acceptors (Lipinski definition) is 7. The van der Waals surface area contributed by atoms with Crippen molar-refractivity contribution in [2.24, 2.45) is 0 Å². The predicted molar refractivity (Wildman–Crippen MR) is 87.0 cm³/mol. The molecule has 122 valence electrons. The first-order valence-electron chi connectivity index (χ1n) is 7.60. The number of nitrogens with zero attached hydrogens (tertiary/aromatic N) is 4. The first-order chi connectivity index (χ1) is 12.1. The minimum absolute atomic E-state index is 0.114. The normalized spacial score (nSPS) is 17.8. The molecule has 1 aromatic heterocycles. The molecule has 3 aromatic rings. The zero-order valence-electron chi connectivity index (χ0n) is 12.7. The van der Waals surface area contributed by atoms with Gasteiger partial charge >= 0.3 is 0 Å². The molecule has 0 spiro atoms. The molecule has 0 amide bonds. The van der Waals surface area contributed by atoms with Crippen molar-refractivity contribution in [3.63, 3.8) is 0 Å². The van der Waals surface area contributed by atoms with Gasteiger partial charge in [0.25, 0.3) is 0 Å². The second-order valence-corrected chi connectivity index (χ2v) is 5.89. The van der Waals surface area contributed by atoms with Crippen LogP contribution in [0.3, 0.4) is 0 Å². The van der Waals surface area contributed by atoms with E-state index in [0.29, 0.717) is 28.3 Å². The van der Waals surface area contributed by atoms with Crippen molar-refractivity contribution in [2.75, 3.05) is 5.32 Å². The monoisotopic (exact) mass is 333 g/mol. The van der Waals surface area contributed by atoms with Crippen LogP contribution in [0, 0.1) is 0 Å². The third kappa shape index (κ3) is 1.76. The molecular formula is C17H11N5O3. The fraction of sp³-hybridized carbons (Fsp3) is 0.0588. The van der Waals surface area contributed by atoms with Crippen molar-refractivity contribution in [1.29, 1.82) is 0 Å². The lowest BCUT2D eigenvalue weighted by Crippen LogP contribution is -2.25. The summed E-state index contributed by atoms with van der Waals surface area (Å²) in [5, 5.41) is 34.2. The Balaban J connectivity index is 1.77. The molecule has 1 unspecified atom stereocenters. The molecule has 2 heterocycles. The van der Waals surface area contributed by atoms with Gasteiger partial charge in [-0.2, -0.15) is 4.68 Å². The van der Waals surface area contributed by atoms with E-state index in [4.69, 9.17) is 0 Å². The summed E-state index contributed by atoms with van der Waals surface area (Å²) in [6.45, 7) is 0. The molecule has 1 atom stereocenters. The smallest absolute Gasteiger partial charge is 0.248 e. The lowest BCUT2D eigenvalue weighted by Gasteiger charge is -2.25. The number of phenolic OH excluding ortho intramolecular Hbond substituents is 2. The van der Waals surface area contributed by atoms with Gasteiger partial charge < -0.3 is 15.5 Å². The quantitative estimate of drug-likeness (QED) is 0.581. The number of aromatic nitrogens is 4. The minimum Gasteiger partial charge on any atom is -0.504 e. The van der Waals surface area contributed by atoms with Gasteiger partial charge in [0.1, 0.15) is 6.04 Å². The first-order valence-corrected chi connectivity index (χ1v) is 7.60. The van der Waals surface area contributed by atoms with Gasteiger partial charge in [0.15, 0.2) is 17.3 Å². The van der Waals surface area contributed by atoms with E-state index >= 15 is 0 Å². The predicted octanol–water partition coefficient (Wildman–Crippen LogP) is 1.71. The molecule has 3 N–H and O–H groups in total. The third-order valence-electron chi connectivity index (χ3n) is 4.52. The number of hydrogen-bond donors (Lipinski definition) is 3. The number of anilines is 1. The van der Waals surface area contributed by atoms with Crippen LogP contribution in [0.15, 0.2) is 48.0 Å². The number of nitrogens with one attached hydrogen (secondary N) is 1. The highest BCUT2D eigenvalue weighted by atomic mass is 16.3. The molecule has 0 saturated heterocycles. The maximum Gasteiger partial charge on any atom is 0.248 e. The van der Waals surface area contributed by atoms with E-state index in [-0.39, 0.29) is 17.3 Å². The molecule has 5 rings (SSSR count). The number of phenols is 2. The Bertz CT molecular complexity index is 1090. The zero-order valence-corrected chi connectivity index (χ0v) is 12.7. The second-order valence-electron chi connectivity index (χ2n) is 5.89. The van der Waals surface area contributed by atoms with Gasteiger partial charge in [-0.15, -0.1) is 0 Å². The van der Waals surface area contributed by atoms with Crippen molar-refractivity contribution in [2.45, 2.75) is 6.04 Å². The number of ketones is 1. The summed E-state index contributed by atoms with van der Waals surface area (Å²) in [6, 6.07) is 11.1. The molecule has 8 nitrogen and oxygen atoms in total. The van der Waals surface area contributed by atoms with Crippen LogP contribution < -0.4 is 5.32 Å². The number of benzene rings is 2. The average molecular weight is 333 g/mol. The Labute approximate surface area is 141 Å². The van der Waals surface area contributed by atoms with E-state index in [1.165, 1.54) is 16.8 Å². The van der Waals surface area contributed by atoms with Gasteiger partial charge in [-0.3, -0.25) is 4.79 Å². The van der Waals surface area contributed by atoms with Crippen LogP contribution in [0.1, 0.15) is 27.5 Å². The van der Waals surface area contributed by atoms with Crippen LogP contribution in [-0.2, 0) is 0 Å². The highest BCUT2D eigenvalue weighted by Crippen LogP contribution is 2.45. The minimum atomic E-state index is -0.604. The summed E-state index contributed by atoms with van der Waals surface area (Å²) in [7, 11) is 0. The van der Waals surface area contributed by atoms with Crippen molar-refractivity contribution < 1.29 is 15.0 Å². The van der Waals surface area contributed by atoms with Crippen LogP contribution in [0.4, 0.5) is 5.95 Å². The molecule has 1 aliphatic heterocycles. The molecule has 0 radical (unpaired) electrons. The second kappa shape index (κ2) is 4.67. The Morgan fingerprint density at radius 3 is 2.64 bits per heavy atom. The van der Waals surface area contributed by atoms with Crippen LogP contribution in [-0.4, -0.2) is 36.2 Å². The summed E-state index contributed by atoms with van der Waals surface area (Å²) in [5.41, 5.74) is 3.17. The number of fused-ring (bicyclic) bond motifs is 3. The molecule has 0 saturated carbocycles. The van der Waals surface area contributed by atoms with Gasteiger partial charge in [-0.05, 0) is 28.1 Å². The van der Waals surface area contributed by atoms with Gasteiger partial charge in [0, 0.05) is 11.1 Å². The molecule has 8 heteroatoms. The molecule has 1 aliphatic carbocycles. The maximum absolute atomic E-state index is 13.0. The van der Waals surface area contributed by atoms with E-state index in [0.717, 1.165) is 5.56 Å². The lowest BCUT2D eigenvalue weighted by atomic mass is 9.94. The molecule has 0 bridgehead atoms. The average Bonchev–Trinajstić information content (AvgIpc) is 3.20. The van der Waals surface area contributed by atoms with Gasteiger partial charge in [-0.1, -0.05) is 35.4 Å². The summed E-state index contributed by atoms with van der Waals surface area (Å²) >= 11 is 0. The fourth-order valence-electron chi connectivity index (χ4n) is 3.40. The Morgan fingerprint density at radius 2 is 1.84 bits per heavy atom. The first kappa shape index (κ1) is 13.7. The Morgan fingerprint density at radius 1 is 1.04 bits per heavy atom. The number of rotatable bonds is 1. The number of carbonyl (C=O) groups excluding carboxylic acids is 1. The van der Waals surface area contributed by atoms with Crippen LogP contribution >= 0.6 is 0 Å². The van der Waals surface area contributed by atoms with Gasteiger partial charge in [-0.25, -0.2) is 0 Å². The van der Waals surface area contributed by atoms with E-state index in [1.807, 2.05) is 18.2 Å². The topological polar surface area (TPSA) is 113 Å². The van der Waals surface area contributed by atoms with Crippen molar-refractivity contribution in [3.05, 3.63) is 64.7 Å². The fourth-order valence-corrected chi connectivity index (χ4v) is 3.40. The summed E-state index contributed by atoms with van der Waals surface area (Å²) in [5.74, 6) is -0.210. The largest absolute Gasteiger partial charge is 0.504 e. The highest BCUT2D eigenvalue weighted by molar-refractivity contribution is 6.23. The highest BCUT2D eigenvalue weighted by Gasteiger charge is 2.41. The van der Waals surface area contributed by atoms with Crippen molar-refractivity contribution in [3.8, 4) is 11.5 Å². The lowest BCUT2D eigenvalue weighted by molar-refractivity contribution is 0.102. The summed E-state index contributed by atoms with van der Waals surface area (Å²) < 4.78 is 1.49. The van der Waals surface area contributed by atoms with E-state index in [9.17, 15) is 15.0 Å². The zero-order chi connectivity index (χ0) is 17.1. The molecule has 2 aromatic carbocycles. The van der Waals surface area contributed by atoms with E-state index in [2.05, 4.69) is 20.8 Å². The molecule has 25 heavy (non-hydrogen) atoms. The van der Waals surface area contributed by atoms with E-state index < -0.39 is 6.04 Å². The number of tetrazole rings is 1. The standard InChI is InChI=1S/C17H11N5O3/c23-11-6-5-8(7-12(11)24)15-13-14(18-17-19-20-21-22(15)17)9-3-1-2-4-10(9)16(13)25/h1-7,15,23-24H,(H,18,19,21). The third-order valence-corrected chi connectivity index (χ3v) is 4.52. The number of allylic oxidation sites excluding steroid dienone is 1. The number of carbonyl (C=O) groups is 1. The Hall–Kier alpha value is -3.68. The number of Topliss-reactive ketones (excluding diaryl/α,β-unsaturated/α-hetero) is 1. The van der Waals surface area contributed by atoms with Gasteiger partial charge in [0.2, 0.25) is 5.95 Å². The molecular weight excluding hydrogens is 322 g/mol. The summed E-state index contributed by atoms with van der Waals surface area (Å²) in [4.78, 5) is 13.0.